The smallest absolute Gasteiger partial charge is 0.291 e. The average Bonchev–Trinajstić information content (AvgIpc) is 3.38. The van der Waals surface area contributed by atoms with Crippen LogP contribution in [-0.4, -0.2) is 27.8 Å². The van der Waals surface area contributed by atoms with Crippen LogP contribution in [0.15, 0.2) is 53.3 Å². The van der Waals surface area contributed by atoms with Gasteiger partial charge in [0, 0.05) is 5.56 Å². The molecule has 2 aromatic heterocycles. The van der Waals surface area contributed by atoms with Crippen LogP contribution in [0.25, 0.3) is 22.4 Å². The molecule has 0 aliphatic heterocycles. The Bertz CT molecular complexity index is 1280. The number of aromatic nitrogens is 3. The molecule has 33 heavy (non-hydrogen) atoms. The third kappa shape index (κ3) is 5.79. The van der Waals surface area contributed by atoms with Gasteiger partial charge in [-0.3, -0.25) is 4.79 Å². The van der Waals surface area contributed by atoms with Crippen molar-refractivity contribution in [3.63, 3.8) is 0 Å². The maximum absolute atomic E-state index is 12.8. The average molecular weight is 464 g/mol. The van der Waals surface area contributed by atoms with Gasteiger partial charge in [0.05, 0.1) is 17.7 Å². The van der Waals surface area contributed by atoms with Gasteiger partial charge in [-0.1, -0.05) is 56.6 Å². The molecule has 2 aromatic carbocycles. The quantitative estimate of drug-likeness (QED) is 0.289. The van der Waals surface area contributed by atoms with Gasteiger partial charge >= 0.3 is 0 Å². The summed E-state index contributed by atoms with van der Waals surface area (Å²) in [5.74, 6) is 2.21. The van der Waals surface area contributed by atoms with Gasteiger partial charge in [-0.25, -0.2) is 0 Å². The first-order chi connectivity index (χ1) is 16.2. The van der Waals surface area contributed by atoms with Crippen molar-refractivity contribution in [2.45, 2.75) is 46.0 Å². The molecule has 172 valence electrons. The number of hydrogen-bond donors (Lipinski definition) is 0. The first-order valence-corrected chi connectivity index (χ1v) is 12.4. The predicted octanol–water partition coefficient (Wildman–Crippen LogP) is 5.11. The molecular weight excluding hydrogens is 434 g/mol. The van der Waals surface area contributed by atoms with E-state index in [2.05, 4.69) is 23.9 Å². The largest absolute Gasteiger partial charge is 0.494 e. The van der Waals surface area contributed by atoms with Crippen LogP contribution in [0.5, 0.6) is 11.5 Å². The van der Waals surface area contributed by atoms with Crippen molar-refractivity contribution in [2.75, 3.05) is 13.2 Å². The lowest BCUT2D eigenvalue weighted by Gasteiger charge is -2.05. The molecule has 0 atom stereocenters. The molecule has 0 aliphatic rings. The molecule has 7 heteroatoms. The van der Waals surface area contributed by atoms with Crippen molar-refractivity contribution in [3.8, 4) is 22.9 Å². The third-order valence-corrected chi connectivity index (χ3v) is 6.21. The van der Waals surface area contributed by atoms with Crippen LogP contribution in [0.3, 0.4) is 0 Å². The molecular formula is C26H29N3O3S. The van der Waals surface area contributed by atoms with Crippen molar-refractivity contribution >= 4 is 22.4 Å². The van der Waals surface area contributed by atoms with Crippen molar-refractivity contribution in [2.24, 2.45) is 0 Å². The topological polar surface area (TPSA) is 65.7 Å². The zero-order valence-electron chi connectivity index (χ0n) is 19.1. The molecule has 0 fully saturated rings. The molecule has 4 rings (SSSR count). The number of ether oxygens (including phenoxy) is 2. The van der Waals surface area contributed by atoms with E-state index in [1.807, 2.05) is 54.6 Å². The fourth-order valence-corrected chi connectivity index (χ4v) is 4.25. The van der Waals surface area contributed by atoms with Crippen LogP contribution in [0.2, 0.25) is 0 Å². The molecule has 0 radical (unpaired) electrons. The zero-order chi connectivity index (χ0) is 23.0. The summed E-state index contributed by atoms with van der Waals surface area (Å²) in [4.78, 5) is 18.0. The lowest BCUT2D eigenvalue weighted by atomic mass is 10.2. The number of thiazole rings is 1. The monoisotopic (exact) mass is 463 g/mol. The van der Waals surface area contributed by atoms with Gasteiger partial charge in [-0.05, 0) is 60.9 Å². The minimum atomic E-state index is -0.159. The molecule has 0 saturated heterocycles. The lowest BCUT2D eigenvalue weighted by molar-refractivity contribution is 0.306. The minimum absolute atomic E-state index is 0.159. The van der Waals surface area contributed by atoms with E-state index in [4.69, 9.17) is 9.47 Å². The van der Waals surface area contributed by atoms with Crippen LogP contribution < -0.4 is 19.6 Å². The number of nitrogens with zero attached hydrogens (tertiary/aromatic N) is 3. The number of rotatable bonds is 11. The highest BCUT2D eigenvalue weighted by molar-refractivity contribution is 7.15. The van der Waals surface area contributed by atoms with Crippen LogP contribution in [-0.2, 0) is 0 Å². The van der Waals surface area contributed by atoms with Gasteiger partial charge in [0.1, 0.15) is 11.5 Å². The second-order valence-corrected chi connectivity index (χ2v) is 8.91. The standard InChI is InChI=1S/C26H29N3O3S/c1-3-5-7-17-32-21-12-8-19(9-13-21)18-23-25(30)29-26(33-23)27-24(28-29)20-10-14-22(15-11-20)31-16-6-4-2/h8-15,18H,3-7,16-17H2,1-2H3/b23-18-. The minimum Gasteiger partial charge on any atom is -0.494 e. The molecule has 0 aliphatic carbocycles. The molecule has 0 amide bonds. The van der Waals surface area contributed by atoms with E-state index in [9.17, 15) is 4.79 Å². The Kier molecular flexibility index (Phi) is 7.73. The van der Waals surface area contributed by atoms with Gasteiger partial charge < -0.3 is 9.47 Å². The molecule has 0 bridgehead atoms. The summed E-state index contributed by atoms with van der Waals surface area (Å²) >= 11 is 1.34. The highest BCUT2D eigenvalue weighted by Gasteiger charge is 2.12. The Morgan fingerprint density at radius 1 is 0.879 bits per heavy atom. The Morgan fingerprint density at radius 2 is 1.52 bits per heavy atom. The second-order valence-electron chi connectivity index (χ2n) is 7.90. The fourth-order valence-electron chi connectivity index (χ4n) is 3.34. The van der Waals surface area contributed by atoms with Crippen LogP contribution in [0.1, 0.15) is 51.5 Å². The summed E-state index contributed by atoms with van der Waals surface area (Å²) in [5, 5.41) is 4.44. The molecule has 0 saturated carbocycles. The number of fused-ring (bicyclic) bond motifs is 1. The first-order valence-electron chi connectivity index (χ1n) is 11.6. The molecule has 4 aromatic rings. The van der Waals surface area contributed by atoms with E-state index in [0.717, 1.165) is 48.5 Å². The van der Waals surface area contributed by atoms with Gasteiger partial charge in [-0.15, -0.1) is 5.10 Å². The summed E-state index contributed by atoms with van der Waals surface area (Å²) in [5.41, 5.74) is 1.64. The van der Waals surface area contributed by atoms with E-state index < -0.39 is 0 Å². The van der Waals surface area contributed by atoms with E-state index in [1.54, 1.807) is 0 Å². The van der Waals surface area contributed by atoms with Crippen LogP contribution in [0.4, 0.5) is 0 Å². The van der Waals surface area contributed by atoms with E-state index in [1.165, 1.54) is 28.7 Å². The van der Waals surface area contributed by atoms with Gasteiger partial charge in [0.15, 0.2) is 5.82 Å². The van der Waals surface area contributed by atoms with Gasteiger partial charge in [0.25, 0.3) is 5.56 Å². The number of unbranched alkanes of at least 4 members (excludes halogenated alkanes) is 3. The van der Waals surface area contributed by atoms with Gasteiger partial charge in [0.2, 0.25) is 4.96 Å². The zero-order valence-corrected chi connectivity index (χ0v) is 19.9. The molecule has 0 spiro atoms. The van der Waals surface area contributed by atoms with Crippen molar-refractivity contribution in [3.05, 3.63) is 69.0 Å². The first kappa shape index (κ1) is 23.0. The Balaban J connectivity index is 1.47. The Morgan fingerprint density at radius 3 is 2.15 bits per heavy atom. The Labute approximate surface area is 197 Å². The highest BCUT2D eigenvalue weighted by Crippen LogP contribution is 2.21. The molecule has 0 unspecified atom stereocenters. The molecule has 6 nitrogen and oxygen atoms in total. The SMILES string of the molecule is CCCCCOc1ccc(/C=c2\sc3nc(-c4ccc(OCCCC)cc4)nn3c2=O)cc1. The normalized spacial score (nSPS) is 11.9. The van der Waals surface area contributed by atoms with E-state index in [0.29, 0.717) is 21.9 Å². The van der Waals surface area contributed by atoms with E-state index in [-0.39, 0.29) is 5.56 Å². The second kappa shape index (κ2) is 11.1. The third-order valence-electron chi connectivity index (χ3n) is 5.26. The maximum Gasteiger partial charge on any atom is 0.291 e. The van der Waals surface area contributed by atoms with Crippen molar-refractivity contribution < 1.29 is 9.47 Å². The summed E-state index contributed by atoms with van der Waals surface area (Å²) in [6.45, 7) is 5.75. The molecule has 0 N–H and O–H groups in total. The Hall–Kier alpha value is -3.19. The fraction of sp³-hybridized carbons (Fsp3) is 0.346. The van der Waals surface area contributed by atoms with Crippen molar-refractivity contribution in [1.82, 2.24) is 14.6 Å². The van der Waals surface area contributed by atoms with Crippen molar-refractivity contribution in [1.29, 1.82) is 0 Å². The van der Waals surface area contributed by atoms with Crippen LogP contribution >= 0.6 is 11.3 Å². The summed E-state index contributed by atoms with van der Waals surface area (Å²) in [6, 6.07) is 15.5. The van der Waals surface area contributed by atoms with Gasteiger partial charge in [-0.2, -0.15) is 9.50 Å². The maximum atomic E-state index is 12.8. The summed E-state index contributed by atoms with van der Waals surface area (Å²) < 4.78 is 13.4. The summed E-state index contributed by atoms with van der Waals surface area (Å²) in [6.07, 6.45) is 7.41. The lowest BCUT2D eigenvalue weighted by Crippen LogP contribution is -2.23. The highest BCUT2D eigenvalue weighted by atomic mass is 32.1. The summed E-state index contributed by atoms with van der Waals surface area (Å²) in [7, 11) is 0. The van der Waals surface area contributed by atoms with Crippen LogP contribution in [0, 0.1) is 0 Å². The number of benzene rings is 2. The predicted molar refractivity (Wildman–Crippen MR) is 133 cm³/mol. The molecule has 2 heterocycles. The van der Waals surface area contributed by atoms with E-state index >= 15 is 0 Å². The number of hydrogen-bond acceptors (Lipinski definition) is 6.